The molecule has 3 saturated heterocycles. The van der Waals surface area contributed by atoms with Crippen LogP contribution >= 0.6 is 34.2 Å². The summed E-state index contributed by atoms with van der Waals surface area (Å²) in [5.74, 6) is 2.32. The van der Waals surface area contributed by atoms with Gasteiger partial charge in [0.05, 0.1) is 69.7 Å². The van der Waals surface area contributed by atoms with E-state index in [2.05, 4.69) is 148 Å². The van der Waals surface area contributed by atoms with Crippen molar-refractivity contribution in [2.24, 2.45) is 11.8 Å². The van der Waals surface area contributed by atoms with Crippen LogP contribution in [-0.4, -0.2) is 202 Å². The van der Waals surface area contributed by atoms with E-state index in [0.29, 0.717) is 102 Å². The van der Waals surface area contributed by atoms with Gasteiger partial charge in [-0.25, -0.2) is 32.6 Å². The highest BCUT2D eigenvalue weighted by molar-refractivity contribution is 7.93. The van der Waals surface area contributed by atoms with Crippen LogP contribution in [0, 0.1) is 18.8 Å². The normalized spacial score (nSPS) is 16.0. The Bertz CT molecular complexity index is 6580. The fourth-order valence-electron chi connectivity index (χ4n) is 16.7. The molecule has 28 nitrogen and oxygen atoms in total. The number of fused-ring (bicyclic) bond motifs is 3. The number of sulfone groups is 1. The molecule has 4 aromatic carbocycles. The van der Waals surface area contributed by atoms with Crippen LogP contribution in [0.3, 0.4) is 0 Å². The summed E-state index contributed by atoms with van der Waals surface area (Å²) in [6.45, 7) is 27.8. The maximum atomic E-state index is 14.0. The Hall–Kier alpha value is -10.9. The summed E-state index contributed by atoms with van der Waals surface area (Å²) in [5.41, 5.74) is 13.4. The zero-order chi connectivity index (χ0) is 90.1. The molecule has 9 aromatic heterocycles. The van der Waals surface area contributed by atoms with Crippen molar-refractivity contribution in [3.05, 3.63) is 240 Å². The molecule has 18 rings (SSSR count). The smallest absolute Gasteiger partial charge is 0.294 e. The highest BCUT2D eigenvalue weighted by atomic mass is 32.2. The van der Waals surface area contributed by atoms with Crippen molar-refractivity contribution >= 4 is 156 Å². The van der Waals surface area contributed by atoms with E-state index < -0.39 is 31.4 Å². The van der Waals surface area contributed by atoms with Crippen LogP contribution in [0.5, 0.6) is 5.75 Å². The maximum absolute atomic E-state index is 14.0. The minimum atomic E-state index is -3.59. The molecule has 2 unspecified atom stereocenters. The number of thiazole rings is 1. The minimum absolute atomic E-state index is 0.0182. The van der Waals surface area contributed by atoms with Crippen molar-refractivity contribution in [3.8, 4) is 5.75 Å². The largest absolute Gasteiger partial charge is 0.488 e. The molecule has 5 fully saturated rings. The van der Waals surface area contributed by atoms with Gasteiger partial charge in [-0.2, -0.15) is 19.3 Å². The lowest BCUT2D eigenvalue weighted by Gasteiger charge is -2.34. The third-order valence-corrected chi connectivity index (χ3v) is 33.1. The summed E-state index contributed by atoms with van der Waals surface area (Å²) in [7, 11) is 1.89. The predicted octanol–water partition coefficient (Wildman–Crippen LogP) is 15.0. The van der Waals surface area contributed by atoms with E-state index in [4.69, 9.17) is 19.7 Å². The number of piperazine rings is 2. The van der Waals surface area contributed by atoms with Crippen LogP contribution in [0.4, 0.5) is 46.3 Å². The molecule has 13 aromatic rings. The number of nitrogens with zero attached hydrogens (tertiary/aromatic N) is 16. The number of hydrogen-bond acceptors (Lipinski definition) is 28. The first-order valence-corrected chi connectivity index (χ1v) is 50.5. The number of nitrogens with one attached hydrogen (secondary N) is 4. The summed E-state index contributed by atoms with van der Waals surface area (Å²) >= 11 is 3.79. The van der Waals surface area contributed by atoms with Gasteiger partial charge in [0.25, 0.3) is 16.7 Å². The molecule has 2 saturated carbocycles. The van der Waals surface area contributed by atoms with E-state index >= 15 is 0 Å². The molecule has 129 heavy (non-hydrogen) atoms. The van der Waals surface area contributed by atoms with Gasteiger partial charge in [0.2, 0.25) is 17.8 Å². The van der Waals surface area contributed by atoms with Gasteiger partial charge in [0.15, 0.2) is 15.6 Å². The molecule has 0 amide bonds. The van der Waals surface area contributed by atoms with Gasteiger partial charge < -0.3 is 50.5 Å². The van der Waals surface area contributed by atoms with Crippen LogP contribution in [0.2, 0.25) is 0 Å². The minimum Gasteiger partial charge on any atom is -0.488 e. The molecular formula is C95H110N20O8S6. The molecule has 2 atom stereocenters. The Balaban J connectivity index is 0.000000142. The summed E-state index contributed by atoms with van der Waals surface area (Å²) in [4.78, 5) is 88.0. The van der Waals surface area contributed by atoms with Gasteiger partial charge in [0.1, 0.15) is 25.4 Å². The lowest BCUT2D eigenvalue weighted by Crippen LogP contribution is -2.44. The van der Waals surface area contributed by atoms with Crippen molar-refractivity contribution < 1.29 is 21.6 Å². The third kappa shape index (κ3) is 21.6. The van der Waals surface area contributed by atoms with E-state index in [-0.39, 0.29) is 69.1 Å². The number of piperidine rings is 1. The number of pyridine rings is 3. The number of hydrogen-bond donors (Lipinski definition) is 4. The van der Waals surface area contributed by atoms with Crippen molar-refractivity contribution in [3.63, 3.8) is 0 Å². The van der Waals surface area contributed by atoms with Gasteiger partial charge in [0, 0.05) is 160 Å². The van der Waals surface area contributed by atoms with Gasteiger partial charge in [-0.3, -0.25) is 32.3 Å². The molecule has 0 radical (unpaired) electrons. The summed E-state index contributed by atoms with van der Waals surface area (Å²) in [5, 5.41) is 17.6. The molecule has 0 bridgehead atoms. The lowest BCUT2D eigenvalue weighted by molar-refractivity contribution is 0.255. The van der Waals surface area contributed by atoms with Crippen LogP contribution in [0.15, 0.2) is 203 Å². The van der Waals surface area contributed by atoms with E-state index in [1.54, 1.807) is 39.3 Å². The third-order valence-electron chi connectivity index (χ3n) is 24.4. The molecule has 12 heterocycles. The number of likely N-dealkylation sites (N-methyl/N-ethyl adjacent to an activating group) is 1. The Morgan fingerprint density at radius 2 is 1.21 bits per heavy atom. The van der Waals surface area contributed by atoms with Crippen molar-refractivity contribution in [2.45, 2.75) is 128 Å². The Morgan fingerprint density at radius 3 is 1.82 bits per heavy atom. The molecule has 5 aliphatic rings. The number of allylic oxidation sites excluding steroid dienone is 2. The van der Waals surface area contributed by atoms with Crippen molar-refractivity contribution in [1.82, 2.24) is 73.0 Å². The van der Waals surface area contributed by atoms with Gasteiger partial charge in [-0.05, 0) is 242 Å². The number of anilines is 8. The quantitative estimate of drug-likeness (QED) is 0.0338. The van der Waals surface area contributed by atoms with Crippen LogP contribution < -0.4 is 52.5 Å². The maximum Gasteiger partial charge on any atom is 0.294 e. The molecule has 674 valence electrons. The first kappa shape index (κ1) is 91.4. The highest BCUT2D eigenvalue weighted by Gasteiger charge is 2.32. The Morgan fingerprint density at radius 1 is 0.628 bits per heavy atom. The number of thiophene rings is 1. The SMILES string of the molecule is C=C(c1cc2cnc(Nc3ccc(N4CCN(C)CC4)cc3)nc2n(Cc2cnsc2S(=O)(=O)CCN(C)C)c1=O)C1CC1.C=C(c1cc2cnc(Nc3ccc(N4CCNCC4)c(C)c3)nc2n(Cc2ncsc2S(=O)c2ccccc2)c1=O)C(C)C.CCOc1cc2cnc(Nc3ccc(C4CCN(C)CC4)cc3)nc2n(Cc2sccc2S(=O)C2CCCC2)c1=O. The number of rotatable bonds is 29. The van der Waals surface area contributed by atoms with Gasteiger partial charge in [-0.15, -0.1) is 22.7 Å². The first-order chi connectivity index (χ1) is 62.4. The fraction of sp³-hybridized carbons (Fsp3) is 0.379. The van der Waals surface area contributed by atoms with E-state index in [1.807, 2.05) is 112 Å². The van der Waals surface area contributed by atoms with Gasteiger partial charge in [-0.1, -0.05) is 70.2 Å². The number of likely N-dealkylation sites (tertiary alicyclic amines) is 1. The number of aromatic nitrogens is 11. The standard InChI is InChI=1S/C33H35N7O2S2.C31H38N8O3S2.C31H37N5O3S2/c1-21(2)23(4)27-17-24-18-35-33(37-25-10-11-29(22(3)16-25)39-14-12-34-13-15-39)38-30(24)40(31(27)41)19-28-32(43-20-36-28)44(42)26-8-6-5-7-9-26;1-21(22-5-6-22)27-17-23-18-32-31(34-25-7-9-26(10-8-25)38-13-11-37(4)12-14-38)35-28(23)39(29(27)40)20-24-19-33-43-30(24)44(41,42)16-15-36(2)3;1-3-39-26-18-23-19-32-31(33-24-10-8-21(9-11-24)22-12-15-35(2)16-13-22)34-29(23)36(30(26)37)20-27-28(14-17-40-27)41(38)25-6-4-5-7-25/h5-11,16-18,20-21,34H,4,12-15,19H2,1-3H3,(H,35,37,38);7-10,17-19,22H,1,5-6,11-16,20H2,2-4H3,(H,32,34,35);8-11,14,17-19,22,25H,3-7,12-13,15-16,20H2,1-2H3,(H,32,33,34). The summed E-state index contributed by atoms with van der Waals surface area (Å²) < 4.78 is 68.8. The molecular weight excluding hydrogens is 1740 g/mol. The molecule has 2 aliphatic carbocycles. The fourth-order valence-corrected chi connectivity index (χ4v) is 24.4. The predicted molar refractivity (Wildman–Crippen MR) is 523 cm³/mol. The van der Waals surface area contributed by atoms with E-state index in [1.165, 1.54) is 63.2 Å². The lowest BCUT2D eigenvalue weighted by atomic mass is 9.89. The first-order valence-electron chi connectivity index (χ1n) is 44.0. The van der Waals surface area contributed by atoms with Crippen molar-refractivity contribution in [2.75, 3.05) is 138 Å². The van der Waals surface area contributed by atoms with Crippen LogP contribution in [0.1, 0.15) is 116 Å². The second-order valence-corrected chi connectivity index (χ2v) is 42.5. The number of benzene rings is 4. The second-order valence-electron chi connectivity index (χ2n) is 34.1. The Kier molecular flexibility index (Phi) is 29.1. The molecule has 4 N–H and O–H groups in total. The van der Waals surface area contributed by atoms with Crippen molar-refractivity contribution in [1.29, 1.82) is 0 Å². The number of ether oxygens (including phenoxy) is 1. The summed E-state index contributed by atoms with van der Waals surface area (Å²) in [6, 6.07) is 39.5. The highest BCUT2D eigenvalue weighted by Crippen LogP contribution is 2.41. The molecule has 34 heteroatoms. The van der Waals surface area contributed by atoms with Crippen LogP contribution in [-0.2, 0) is 51.1 Å². The van der Waals surface area contributed by atoms with Crippen LogP contribution in [0.25, 0.3) is 44.2 Å². The monoisotopic (exact) mass is 1850 g/mol. The number of aryl methyl sites for hydroxylation is 1. The average molecular weight is 1850 g/mol. The average Bonchev–Trinajstić information content (AvgIpc) is 1.04. The van der Waals surface area contributed by atoms with Gasteiger partial charge >= 0.3 is 0 Å². The second kappa shape index (κ2) is 41.0. The van der Waals surface area contributed by atoms with E-state index in [0.717, 1.165) is 159 Å². The zero-order valence-electron chi connectivity index (χ0n) is 74.1. The molecule has 3 aliphatic heterocycles. The van der Waals surface area contributed by atoms with E-state index in [9.17, 15) is 31.2 Å². The Labute approximate surface area is 768 Å². The zero-order valence-corrected chi connectivity index (χ0v) is 79.0. The topological polar surface area (TPSA) is 311 Å². The molecule has 0 spiro atoms. The summed E-state index contributed by atoms with van der Waals surface area (Å²) in [6.07, 6.45) is 15.3.